The number of piperazine rings is 1. The molecule has 27 heavy (non-hydrogen) atoms. The van der Waals surface area contributed by atoms with Crippen LogP contribution in [-0.4, -0.2) is 56.8 Å². The summed E-state index contributed by atoms with van der Waals surface area (Å²) >= 11 is 12.0. The van der Waals surface area contributed by atoms with Gasteiger partial charge in [0, 0.05) is 31.2 Å². The number of sulfonamides is 1. The van der Waals surface area contributed by atoms with E-state index in [0.717, 1.165) is 0 Å². The smallest absolute Gasteiger partial charge is 0.257 e. The van der Waals surface area contributed by atoms with E-state index in [9.17, 15) is 13.2 Å². The van der Waals surface area contributed by atoms with Gasteiger partial charge in [-0.25, -0.2) is 8.42 Å². The van der Waals surface area contributed by atoms with Crippen molar-refractivity contribution in [2.75, 3.05) is 33.3 Å². The molecule has 1 heterocycles. The number of rotatable bonds is 4. The van der Waals surface area contributed by atoms with Gasteiger partial charge in [0.15, 0.2) is 0 Å². The Bertz CT molecular complexity index is 958. The van der Waals surface area contributed by atoms with Crippen molar-refractivity contribution in [2.45, 2.75) is 4.90 Å². The van der Waals surface area contributed by atoms with Gasteiger partial charge < -0.3 is 9.64 Å². The van der Waals surface area contributed by atoms with Crippen molar-refractivity contribution in [2.24, 2.45) is 0 Å². The van der Waals surface area contributed by atoms with E-state index in [2.05, 4.69) is 0 Å². The number of hydrogen-bond acceptors (Lipinski definition) is 4. The van der Waals surface area contributed by atoms with Crippen LogP contribution in [0.3, 0.4) is 0 Å². The number of carbonyl (C=O) groups is 1. The molecule has 2 aromatic carbocycles. The van der Waals surface area contributed by atoms with E-state index in [4.69, 9.17) is 27.9 Å². The fraction of sp³-hybridized carbons (Fsp3) is 0.278. The highest BCUT2D eigenvalue weighted by molar-refractivity contribution is 7.89. The van der Waals surface area contributed by atoms with Crippen LogP contribution >= 0.6 is 23.2 Å². The lowest BCUT2D eigenvalue weighted by molar-refractivity contribution is 0.0694. The van der Waals surface area contributed by atoms with Crippen LogP contribution in [0, 0.1) is 0 Å². The normalized spacial score (nSPS) is 15.6. The summed E-state index contributed by atoms with van der Waals surface area (Å²) in [7, 11) is -2.23. The van der Waals surface area contributed by atoms with Gasteiger partial charge in [0.1, 0.15) is 10.6 Å². The lowest BCUT2D eigenvalue weighted by Gasteiger charge is -2.34. The van der Waals surface area contributed by atoms with E-state index in [0.29, 0.717) is 16.3 Å². The Labute approximate surface area is 168 Å². The maximum Gasteiger partial charge on any atom is 0.257 e. The summed E-state index contributed by atoms with van der Waals surface area (Å²) in [4.78, 5) is 14.5. The van der Waals surface area contributed by atoms with E-state index in [1.54, 1.807) is 41.3 Å². The van der Waals surface area contributed by atoms with E-state index in [1.807, 2.05) is 0 Å². The van der Waals surface area contributed by atoms with E-state index in [1.165, 1.54) is 17.5 Å². The molecule has 144 valence electrons. The molecule has 1 fully saturated rings. The van der Waals surface area contributed by atoms with Gasteiger partial charge in [0.05, 0.1) is 17.7 Å². The Morgan fingerprint density at radius 1 is 1.04 bits per heavy atom. The number of benzene rings is 2. The highest BCUT2D eigenvalue weighted by Crippen LogP contribution is 2.27. The molecule has 0 radical (unpaired) electrons. The lowest BCUT2D eigenvalue weighted by Crippen LogP contribution is -2.50. The second-order valence-electron chi connectivity index (χ2n) is 5.97. The van der Waals surface area contributed by atoms with Crippen LogP contribution in [0.1, 0.15) is 10.4 Å². The number of amides is 1. The summed E-state index contributed by atoms with van der Waals surface area (Å²) in [6.07, 6.45) is 0. The largest absolute Gasteiger partial charge is 0.496 e. The fourth-order valence-electron chi connectivity index (χ4n) is 2.94. The van der Waals surface area contributed by atoms with Gasteiger partial charge in [-0.1, -0.05) is 35.3 Å². The van der Waals surface area contributed by atoms with Crippen molar-refractivity contribution in [3.8, 4) is 5.75 Å². The molecule has 0 bridgehead atoms. The summed E-state index contributed by atoms with van der Waals surface area (Å²) in [6.45, 7) is 0.890. The van der Waals surface area contributed by atoms with Crippen molar-refractivity contribution >= 4 is 39.1 Å². The van der Waals surface area contributed by atoms with Crippen LogP contribution in [0.15, 0.2) is 47.4 Å². The van der Waals surface area contributed by atoms with Gasteiger partial charge >= 0.3 is 0 Å². The van der Waals surface area contributed by atoms with Crippen molar-refractivity contribution in [1.82, 2.24) is 9.21 Å². The van der Waals surface area contributed by atoms with Crippen molar-refractivity contribution in [1.29, 1.82) is 0 Å². The molecule has 0 atom stereocenters. The molecule has 0 aromatic heterocycles. The number of nitrogens with zero attached hydrogens (tertiary/aromatic N) is 2. The summed E-state index contributed by atoms with van der Waals surface area (Å²) in [5.41, 5.74) is 0.354. The van der Waals surface area contributed by atoms with Crippen LogP contribution in [0.25, 0.3) is 0 Å². The molecule has 0 spiro atoms. The molecule has 1 aliphatic heterocycles. The number of hydrogen-bond donors (Lipinski definition) is 0. The van der Waals surface area contributed by atoms with Crippen molar-refractivity contribution in [3.05, 3.63) is 58.1 Å². The van der Waals surface area contributed by atoms with Gasteiger partial charge in [-0.05, 0) is 30.3 Å². The van der Waals surface area contributed by atoms with E-state index in [-0.39, 0.29) is 42.0 Å². The summed E-state index contributed by atoms with van der Waals surface area (Å²) in [5, 5.41) is 0.610. The predicted molar refractivity (Wildman–Crippen MR) is 104 cm³/mol. The molecule has 0 unspecified atom stereocenters. The molecular weight excluding hydrogens is 411 g/mol. The fourth-order valence-corrected chi connectivity index (χ4v) is 5.03. The SMILES string of the molecule is COc1ccc(Cl)cc1C(=O)N1CCN(S(=O)(=O)c2ccccc2Cl)CC1. The number of halogens is 2. The first kappa shape index (κ1) is 19.9. The molecule has 0 saturated carbocycles. The zero-order chi connectivity index (χ0) is 19.6. The quantitative estimate of drug-likeness (QED) is 0.749. The third kappa shape index (κ3) is 4.06. The molecule has 3 rings (SSSR count). The van der Waals surface area contributed by atoms with Crippen molar-refractivity contribution in [3.63, 3.8) is 0 Å². The van der Waals surface area contributed by atoms with Crippen LogP contribution in [0.5, 0.6) is 5.75 Å². The van der Waals surface area contributed by atoms with E-state index >= 15 is 0 Å². The summed E-state index contributed by atoms with van der Waals surface area (Å²) < 4.78 is 32.2. The third-order valence-corrected chi connectivity index (χ3v) is 7.01. The highest BCUT2D eigenvalue weighted by Gasteiger charge is 2.32. The molecular formula is C18H18Cl2N2O4S. The molecule has 1 amide bonds. The zero-order valence-electron chi connectivity index (χ0n) is 14.6. The Morgan fingerprint density at radius 2 is 1.70 bits per heavy atom. The third-order valence-electron chi connectivity index (χ3n) is 4.37. The Hall–Kier alpha value is -1.80. The first-order valence-electron chi connectivity index (χ1n) is 8.22. The minimum absolute atomic E-state index is 0.0722. The molecule has 1 aliphatic rings. The van der Waals surface area contributed by atoms with Crippen LogP contribution in [-0.2, 0) is 10.0 Å². The highest BCUT2D eigenvalue weighted by atomic mass is 35.5. The summed E-state index contributed by atoms with van der Waals surface area (Å²) in [5.74, 6) is 0.180. The predicted octanol–water partition coefficient (Wildman–Crippen LogP) is 3.15. The van der Waals surface area contributed by atoms with Gasteiger partial charge in [-0.3, -0.25) is 4.79 Å². The molecule has 0 aliphatic carbocycles. The first-order valence-corrected chi connectivity index (χ1v) is 10.4. The Morgan fingerprint density at radius 3 is 2.33 bits per heavy atom. The number of ether oxygens (including phenoxy) is 1. The standard InChI is InChI=1S/C18H18Cl2N2O4S/c1-26-16-7-6-13(19)12-14(16)18(23)21-8-10-22(11-9-21)27(24,25)17-5-3-2-4-15(17)20/h2-7,12H,8-11H2,1H3. The molecule has 1 saturated heterocycles. The van der Waals surface area contributed by atoms with Crippen LogP contribution < -0.4 is 4.74 Å². The molecule has 9 heteroatoms. The van der Waals surface area contributed by atoms with Gasteiger partial charge in [-0.2, -0.15) is 4.31 Å². The van der Waals surface area contributed by atoms with Gasteiger partial charge in [0.2, 0.25) is 10.0 Å². The molecule has 6 nitrogen and oxygen atoms in total. The lowest BCUT2D eigenvalue weighted by atomic mass is 10.1. The average Bonchev–Trinajstić information content (AvgIpc) is 2.67. The maximum absolute atomic E-state index is 12.8. The first-order chi connectivity index (χ1) is 12.8. The van der Waals surface area contributed by atoms with Crippen molar-refractivity contribution < 1.29 is 17.9 Å². The monoisotopic (exact) mass is 428 g/mol. The summed E-state index contributed by atoms with van der Waals surface area (Å²) in [6, 6.07) is 11.2. The van der Waals surface area contributed by atoms with Gasteiger partial charge in [0.25, 0.3) is 5.91 Å². The minimum atomic E-state index is -3.71. The zero-order valence-corrected chi connectivity index (χ0v) is 16.9. The second kappa shape index (κ2) is 8.06. The van der Waals surface area contributed by atoms with Crippen LogP contribution in [0.2, 0.25) is 10.0 Å². The van der Waals surface area contributed by atoms with Gasteiger partial charge in [-0.15, -0.1) is 0 Å². The van der Waals surface area contributed by atoms with Crippen LogP contribution in [0.4, 0.5) is 0 Å². The Balaban J connectivity index is 1.75. The second-order valence-corrected chi connectivity index (χ2v) is 8.72. The molecule has 0 N–H and O–H groups in total. The Kier molecular flexibility index (Phi) is 5.95. The minimum Gasteiger partial charge on any atom is -0.496 e. The molecule has 2 aromatic rings. The van der Waals surface area contributed by atoms with E-state index < -0.39 is 10.0 Å². The number of carbonyl (C=O) groups excluding carboxylic acids is 1. The topological polar surface area (TPSA) is 66.9 Å². The maximum atomic E-state index is 12.8. The number of methoxy groups -OCH3 is 1. The average molecular weight is 429 g/mol.